The van der Waals surface area contributed by atoms with Crippen LogP contribution in [0.3, 0.4) is 0 Å². The summed E-state index contributed by atoms with van der Waals surface area (Å²) in [5, 5.41) is 10.6. The third kappa shape index (κ3) is 72.8. The van der Waals surface area contributed by atoms with Gasteiger partial charge in [-0.05, 0) is 49.4 Å². The first kappa shape index (κ1) is 97.1. The monoisotopic (exact) mass is 1450 g/mol. The molecule has 0 aromatic rings. The van der Waals surface area contributed by atoms with E-state index in [1.54, 1.807) is 0 Å². The Balaban J connectivity index is 5.17. The van der Waals surface area contributed by atoms with Crippen molar-refractivity contribution in [2.24, 2.45) is 23.7 Å². The van der Waals surface area contributed by atoms with Crippen LogP contribution in [0.4, 0.5) is 0 Å². The molecule has 0 heterocycles. The molecule has 0 aromatic carbocycles. The smallest absolute Gasteiger partial charge is 0.462 e. The van der Waals surface area contributed by atoms with Crippen molar-refractivity contribution in [3.8, 4) is 0 Å². The lowest BCUT2D eigenvalue weighted by molar-refractivity contribution is -0.161. The quantitative estimate of drug-likeness (QED) is 0.0222. The van der Waals surface area contributed by atoms with Gasteiger partial charge in [0.25, 0.3) is 0 Å². The minimum Gasteiger partial charge on any atom is -0.462 e. The molecule has 0 rings (SSSR count). The second-order valence-corrected chi connectivity index (χ2v) is 33.4. The molecule has 0 radical (unpaired) electrons. The molecule has 6 atom stereocenters. The number of carbonyl (C=O) groups is 4. The molecule has 17 nitrogen and oxygen atoms in total. The summed E-state index contributed by atoms with van der Waals surface area (Å²) >= 11 is 0. The Morgan fingerprint density at radius 2 is 0.485 bits per heavy atom. The molecule has 3 unspecified atom stereocenters. The SMILES string of the molecule is CCC(C)CCCCCCCCC(=O)OC[C@H](COP(=O)(O)OC[C@H](O)COP(=O)(O)OC[C@@H](COC(=O)CCCCCCCCCC(C)C)OC(=O)CCCCCCCCCCCCCCCCCC(C)C)OC(=O)CCCCCCCCCCCCCCCCCCCCC(C)C. The molecule has 0 amide bonds. The molecule has 0 fully saturated rings. The number of hydrogen-bond acceptors (Lipinski definition) is 15. The van der Waals surface area contributed by atoms with Gasteiger partial charge in [-0.25, -0.2) is 9.13 Å². The van der Waals surface area contributed by atoms with E-state index in [0.717, 1.165) is 120 Å². The van der Waals surface area contributed by atoms with E-state index in [1.165, 1.54) is 199 Å². The Morgan fingerprint density at radius 1 is 0.283 bits per heavy atom. The number of ether oxygens (including phenoxy) is 4. The highest BCUT2D eigenvalue weighted by Gasteiger charge is 2.30. The minimum absolute atomic E-state index is 0.106. The van der Waals surface area contributed by atoms with Crippen LogP contribution in [-0.2, 0) is 65.4 Å². The van der Waals surface area contributed by atoms with E-state index in [-0.39, 0.29) is 25.7 Å². The van der Waals surface area contributed by atoms with E-state index in [1.807, 2.05) is 0 Å². The van der Waals surface area contributed by atoms with Crippen LogP contribution < -0.4 is 0 Å². The zero-order valence-electron chi connectivity index (χ0n) is 65.1. The van der Waals surface area contributed by atoms with Crippen LogP contribution >= 0.6 is 15.6 Å². The van der Waals surface area contributed by atoms with Gasteiger partial charge in [0, 0.05) is 25.7 Å². The molecule has 0 bridgehead atoms. The van der Waals surface area contributed by atoms with Crippen molar-refractivity contribution in [1.82, 2.24) is 0 Å². The van der Waals surface area contributed by atoms with E-state index in [0.29, 0.717) is 31.6 Å². The van der Waals surface area contributed by atoms with Crippen molar-refractivity contribution >= 4 is 39.5 Å². The second-order valence-electron chi connectivity index (χ2n) is 30.5. The fourth-order valence-corrected chi connectivity index (χ4v) is 13.8. The van der Waals surface area contributed by atoms with Gasteiger partial charge in [-0.3, -0.25) is 37.3 Å². The third-order valence-corrected chi connectivity index (χ3v) is 20.8. The highest BCUT2D eigenvalue weighted by Crippen LogP contribution is 2.45. The molecular formula is C80H156O17P2. The lowest BCUT2D eigenvalue weighted by Gasteiger charge is -2.21. The number of esters is 4. The fraction of sp³-hybridized carbons (Fsp3) is 0.950. The number of hydrogen-bond donors (Lipinski definition) is 3. The first-order chi connectivity index (χ1) is 47.6. The van der Waals surface area contributed by atoms with Crippen molar-refractivity contribution in [3.63, 3.8) is 0 Å². The molecule has 0 saturated carbocycles. The summed E-state index contributed by atoms with van der Waals surface area (Å²) in [7, 11) is -9.92. The Hall–Kier alpha value is -1.94. The number of carbonyl (C=O) groups excluding carboxylic acids is 4. The molecule has 0 spiro atoms. The average molecular weight is 1450 g/mol. The molecule has 0 aliphatic rings. The van der Waals surface area contributed by atoms with Gasteiger partial charge in [-0.2, -0.15) is 0 Å². The van der Waals surface area contributed by atoms with Gasteiger partial charge < -0.3 is 33.8 Å². The summed E-state index contributed by atoms with van der Waals surface area (Å²) < 4.78 is 68.6. The topological polar surface area (TPSA) is 237 Å². The van der Waals surface area contributed by atoms with Gasteiger partial charge in [0.2, 0.25) is 0 Å². The Kier molecular flexibility index (Phi) is 67.8. The van der Waals surface area contributed by atoms with Crippen molar-refractivity contribution in [1.29, 1.82) is 0 Å². The van der Waals surface area contributed by atoms with Crippen LogP contribution in [-0.4, -0.2) is 96.7 Å². The maximum absolute atomic E-state index is 13.1. The van der Waals surface area contributed by atoms with Gasteiger partial charge in [0.05, 0.1) is 26.4 Å². The van der Waals surface area contributed by atoms with Crippen LogP contribution in [0.25, 0.3) is 0 Å². The normalized spacial score (nSPS) is 14.3. The molecule has 0 saturated heterocycles. The maximum Gasteiger partial charge on any atom is 0.472 e. The summed E-state index contributed by atoms with van der Waals surface area (Å²) in [6.07, 6.45) is 55.8. The molecule has 0 aliphatic heterocycles. The predicted octanol–water partition coefficient (Wildman–Crippen LogP) is 23.6. The van der Waals surface area contributed by atoms with Crippen molar-refractivity contribution in [2.75, 3.05) is 39.6 Å². The molecule has 0 aromatic heterocycles. The van der Waals surface area contributed by atoms with Gasteiger partial charge >= 0.3 is 39.5 Å². The number of phosphoric acid groups is 2. The maximum atomic E-state index is 13.1. The standard InChI is InChI=1S/C80H156O17P2/c1-9-73(8)59-51-43-38-39-45-53-61-78(83)91-67-76(97-80(85)63-54-46-35-29-25-21-17-13-11-10-12-15-19-23-27-32-40-48-56-70(2)3)69-95-99(88,89)93-65-74(81)64-92-98(86,87)94-68-75(66-90-77(82)60-52-44-37-31-34-42-50-58-72(6)7)96-79(84)62-55-47-36-30-26-22-18-14-16-20-24-28-33-41-49-57-71(4)5/h70-76,81H,9-69H2,1-8H3,(H,86,87)(H,88,89)/t73?,74-,75-,76-/m1/s1. The fourth-order valence-electron chi connectivity index (χ4n) is 12.2. The van der Waals surface area contributed by atoms with E-state index in [4.69, 9.17) is 37.0 Å². The Labute approximate surface area is 607 Å². The molecule has 3 N–H and O–H groups in total. The number of aliphatic hydroxyl groups excluding tert-OH is 1. The van der Waals surface area contributed by atoms with Gasteiger partial charge in [0.1, 0.15) is 19.3 Å². The summed E-state index contributed by atoms with van der Waals surface area (Å²) in [4.78, 5) is 72.9. The first-order valence-electron chi connectivity index (χ1n) is 41.2. The number of phosphoric ester groups is 2. The Bertz CT molecular complexity index is 1940. The predicted molar refractivity (Wildman–Crippen MR) is 404 cm³/mol. The number of aliphatic hydroxyl groups is 1. The van der Waals surface area contributed by atoms with E-state index in [9.17, 15) is 43.2 Å². The van der Waals surface area contributed by atoms with Crippen molar-refractivity contribution in [3.05, 3.63) is 0 Å². The highest BCUT2D eigenvalue weighted by molar-refractivity contribution is 7.47. The lowest BCUT2D eigenvalue weighted by atomic mass is 10.00. The van der Waals surface area contributed by atoms with Crippen LogP contribution in [0.15, 0.2) is 0 Å². The largest absolute Gasteiger partial charge is 0.472 e. The summed E-state index contributed by atoms with van der Waals surface area (Å²) in [6.45, 7) is 14.2. The van der Waals surface area contributed by atoms with Crippen molar-refractivity contribution < 1.29 is 80.2 Å². The van der Waals surface area contributed by atoms with E-state index < -0.39 is 97.5 Å². The van der Waals surface area contributed by atoms with E-state index >= 15 is 0 Å². The first-order valence-corrected chi connectivity index (χ1v) is 44.2. The number of unbranched alkanes of at least 4 members (excludes halogenated alkanes) is 42. The molecule has 0 aliphatic carbocycles. The van der Waals surface area contributed by atoms with Crippen LogP contribution in [0, 0.1) is 23.7 Å². The third-order valence-electron chi connectivity index (χ3n) is 18.9. The summed E-state index contributed by atoms with van der Waals surface area (Å²) in [6, 6.07) is 0. The average Bonchev–Trinajstić information content (AvgIpc) is 0.944. The molecule has 99 heavy (non-hydrogen) atoms. The van der Waals surface area contributed by atoms with Gasteiger partial charge in [-0.1, -0.05) is 357 Å². The van der Waals surface area contributed by atoms with Crippen molar-refractivity contribution in [2.45, 2.75) is 427 Å². The molecule has 19 heteroatoms. The zero-order valence-corrected chi connectivity index (χ0v) is 66.9. The molecule has 588 valence electrons. The highest BCUT2D eigenvalue weighted by atomic mass is 31.2. The van der Waals surface area contributed by atoms with Gasteiger partial charge in [0.15, 0.2) is 12.2 Å². The van der Waals surface area contributed by atoms with E-state index in [2.05, 4.69) is 55.4 Å². The van der Waals surface area contributed by atoms with Crippen LogP contribution in [0.5, 0.6) is 0 Å². The van der Waals surface area contributed by atoms with Gasteiger partial charge in [-0.15, -0.1) is 0 Å². The summed E-state index contributed by atoms with van der Waals surface area (Å²) in [5.41, 5.74) is 0. The summed E-state index contributed by atoms with van der Waals surface area (Å²) in [5.74, 6) is 0.940. The zero-order chi connectivity index (χ0) is 73.1. The second kappa shape index (κ2) is 69.1. The van der Waals surface area contributed by atoms with Crippen LogP contribution in [0.1, 0.15) is 409 Å². The minimum atomic E-state index is -4.96. The molecular weight excluding hydrogens is 1290 g/mol. The van der Waals surface area contributed by atoms with Crippen LogP contribution in [0.2, 0.25) is 0 Å². The Morgan fingerprint density at radius 3 is 0.717 bits per heavy atom. The lowest BCUT2D eigenvalue weighted by Crippen LogP contribution is -2.30. The number of rotatable bonds is 77.